The molecule has 0 bridgehead atoms. The Morgan fingerprint density at radius 2 is 1.81 bits per heavy atom. The Kier molecular flexibility index (Phi) is 4.79. The first-order valence-corrected chi connectivity index (χ1v) is 7.64. The van der Waals surface area contributed by atoms with Crippen LogP contribution in [0.3, 0.4) is 0 Å². The van der Waals surface area contributed by atoms with Crippen LogP contribution in [0.25, 0.3) is 0 Å². The van der Waals surface area contributed by atoms with E-state index in [1.54, 1.807) is 36.9 Å². The van der Waals surface area contributed by atoms with Crippen LogP contribution in [-0.4, -0.2) is 29.8 Å². The normalized spacial score (nSPS) is 15.1. The Morgan fingerprint density at radius 3 is 2.43 bits per heavy atom. The molecule has 0 radical (unpaired) electrons. The molecule has 114 valence electrons. The van der Waals surface area contributed by atoms with Crippen LogP contribution in [0.2, 0.25) is 10.0 Å². The van der Waals surface area contributed by atoms with E-state index in [1.165, 1.54) is 0 Å². The van der Waals surface area contributed by atoms with Crippen LogP contribution in [0.15, 0.2) is 18.2 Å². The van der Waals surface area contributed by atoms with Gasteiger partial charge in [0.1, 0.15) is 5.41 Å². The number of nitrogens with zero attached hydrogens (tertiary/aromatic N) is 1. The highest BCUT2D eigenvalue weighted by molar-refractivity contribution is 6.44. The minimum atomic E-state index is -1.14. The monoisotopic (exact) mass is 328 g/mol. The van der Waals surface area contributed by atoms with Gasteiger partial charge in [-0.3, -0.25) is 9.59 Å². The van der Waals surface area contributed by atoms with E-state index in [9.17, 15) is 9.59 Å². The third-order valence-electron chi connectivity index (χ3n) is 3.70. The first kappa shape index (κ1) is 16.1. The van der Waals surface area contributed by atoms with E-state index in [0.29, 0.717) is 23.8 Å². The van der Waals surface area contributed by atoms with Gasteiger partial charge in [0, 0.05) is 13.1 Å². The van der Waals surface area contributed by atoms with Crippen LogP contribution in [0.5, 0.6) is 0 Å². The highest BCUT2D eigenvalue weighted by Crippen LogP contribution is 2.31. The van der Waals surface area contributed by atoms with Gasteiger partial charge in [0.2, 0.25) is 11.8 Å². The lowest BCUT2D eigenvalue weighted by Crippen LogP contribution is -2.46. The predicted octanol–water partition coefficient (Wildman–Crippen LogP) is 3.58. The number of benzene rings is 1. The number of carbonyl (C=O) groups excluding carboxylic acids is 2. The summed E-state index contributed by atoms with van der Waals surface area (Å²) in [5.41, 5.74) is -0.729. The number of nitrogens with one attached hydrogen (secondary N) is 1. The van der Waals surface area contributed by atoms with Crippen LogP contribution >= 0.6 is 23.2 Å². The topological polar surface area (TPSA) is 49.4 Å². The minimum absolute atomic E-state index is 0.157. The number of carbonyl (C=O) groups is 2. The largest absolute Gasteiger partial charge is 0.342 e. The molecule has 4 nitrogen and oxygen atoms in total. The summed E-state index contributed by atoms with van der Waals surface area (Å²) in [6.07, 6.45) is 1.98. The maximum atomic E-state index is 12.5. The van der Waals surface area contributed by atoms with Crippen molar-refractivity contribution in [1.29, 1.82) is 0 Å². The Labute approximate surface area is 134 Å². The molecule has 2 rings (SSSR count). The number of hydrogen-bond donors (Lipinski definition) is 1. The smallest absolute Gasteiger partial charge is 0.239 e. The number of anilines is 1. The van der Waals surface area contributed by atoms with Crippen molar-refractivity contribution in [1.82, 2.24) is 4.90 Å². The molecule has 1 aliphatic rings. The Balaban J connectivity index is 2.14. The molecule has 0 unspecified atom stereocenters. The van der Waals surface area contributed by atoms with E-state index in [1.807, 2.05) is 0 Å². The lowest BCUT2D eigenvalue weighted by atomic mass is 9.90. The molecule has 6 heteroatoms. The van der Waals surface area contributed by atoms with Crippen molar-refractivity contribution < 1.29 is 9.59 Å². The summed E-state index contributed by atoms with van der Waals surface area (Å²) in [5.74, 6) is -0.542. The van der Waals surface area contributed by atoms with Gasteiger partial charge in [-0.1, -0.05) is 29.3 Å². The molecule has 1 aromatic carbocycles. The van der Waals surface area contributed by atoms with E-state index in [-0.39, 0.29) is 16.8 Å². The van der Waals surface area contributed by atoms with Crippen LogP contribution in [-0.2, 0) is 9.59 Å². The van der Waals surface area contributed by atoms with Gasteiger partial charge in [0.05, 0.1) is 15.7 Å². The molecule has 0 aromatic heterocycles. The maximum absolute atomic E-state index is 12.5. The average Bonchev–Trinajstić information content (AvgIpc) is 2.96. The summed E-state index contributed by atoms with van der Waals surface area (Å²) in [4.78, 5) is 26.6. The van der Waals surface area contributed by atoms with E-state index >= 15 is 0 Å². The summed E-state index contributed by atoms with van der Waals surface area (Å²) >= 11 is 12.0. The maximum Gasteiger partial charge on any atom is 0.239 e. The molecule has 1 aliphatic heterocycles. The molecule has 1 N–H and O–H groups in total. The van der Waals surface area contributed by atoms with Gasteiger partial charge in [-0.25, -0.2) is 0 Å². The Morgan fingerprint density at radius 1 is 1.19 bits per heavy atom. The summed E-state index contributed by atoms with van der Waals surface area (Å²) in [7, 11) is 0. The second-order valence-corrected chi connectivity index (χ2v) is 6.46. The first-order valence-electron chi connectivity index (χ1n) is 6.89. The molecule has 1 fully saturated rings. The van der Waals surface area contributed by atoms with Crippen molar-refractivity contribution in [3.63, 3.8) is 0 Å². The zero-order chi connectivity index (χ0) is 15.6. The van der Waals surface area contributed by atoms with Crippen molar-refractivity contribution in [3.8, 4) is 0 Å². The van der Waals surface area contributed by atoms with Crippen LogP contribution in [0.4, 0.5) is 5.69 Å². The molecular formula is C15H18Cl2N2O2. The summed E-state index contributed by atoms with van der Waals surface area (Å²) < 4.78 is 0. The fraction of sp³-hybridized carbons (Fsp3) is 0.467. The molecule has 1 saturated heterocycles. The second-order valence-electron chi connectivity index (χ2n) is 5.68. The van der Waals surface area contributed by atoms with Crippen molar-refractivity contribution >= 4 is 40.7 Å². The number of amides is 2. The summed E-state index contributed by atoms with van der Waals surface area (Å²) in [6, 6.07) is 4.99. The van der Waals surface area contributed by atoms with Crippen LogP contribution in [0, 0.1) is 5.41 Å². The van der Waals surface area contributed by atoms with E-state index in [0.717, 1.165) is 12.8 Å². The lowest BCUT2D eigenvalue weighted by Gasteiger charge is -2.28. The Hall–Kier alpha value is -1.26. The molecule has 1 aromatic rings. The number of rotatable bonds is 3. The molecule has 0 saturated carbocycles. The first-order chi connectivity index (χ1) is 9.84. The molecule has 0 atom stereocenters. The molecule has 0 aliphatic carbocycles. The highest BCUT2D eigenvalue weighted by Gasteiger charge is 2.40. The standard InChI is InChI=1S/C15H18Cl2N2O2/c1-15(2,14(21)19-8-3-4-9-19)13(20)18-11-7-5-6-10(16)12(11)17/h5-7H,3-4,8-9H2,1-2H3,(H,18,20). The van der Waals surface area contributed by atoms with E-state index in [4.69, 9.17) is 23.2 Å². The molecular weight excluding hydrogens is 311 g/mol. The fourth-order valence-electron chi connectivity index (χ4n) is 2.29. The minimum Gasteiger partial charge on any atom is -0.342 e. The Bertz CT molecular complexity index is 567. The van der Waals surface area contributed by atoms with Crippen molar-refractivity contribution in [3.05, 3.63) is 28.2 Å². The van der Waals surface area contributed by atoms with Gasteiger partial charge in [0.25, 0.3) is 0 Å². The van der Waals surface area contributed by atoms with Gasteiger partial charge >= 0.3 is 0 Å². The van der Waals surface area contributed by atoms with Crippen LogP contribution in [0.1, 0.15) is 26.7 Å². The van der Waals surface area contributed by atoms with Gasteiger partial charge < -0.3 is 10.2 Å². The zero-order valence-corrected chi connectivity index (χ0v) is 13.6. The van der Waals surface area contributed by atoms with Crippen molar-refractivity contribution in [2.45, 2.75) is 26.7 Å². The molecule has 21 heavy (non-hydrogen) atoms. The second kappa shape index (κ2) is 6.24. The van der Waals surface area contributed by atoms with Gasteiger partial charge in [-0.05, 0) is 38.8 Å². The summed E-state index contributed by atoms with van der Waals surface area (Å²) in [6.45, 7) is 4.68. The number of likely N-dealkylation sites (tertiary alicyclic amines) is 1. The van der Waals surface area contributed by atoms with Crippen molar-refractivity contribution in [2.24, 2.45) is 5.41 Å². The van der Waals surface area contributed by atoms with Gasteiger partial charge in [-0.2, -0.15) is 0 Å². The van der Waals surface area contributed by atoms with E-state index < -0.39 is 5.41 Å². The number of hydrogen-bond acceptors (Lipinski definition) is 2. The zero-order valence-electron chi connectivity index (χ0n) is 12.1. The number of halogens is 2. The van der Waals surface area contributed by atoms with Crippen molar-refractivity contribution in [2.75, 3.05) is 18.4 Å². The van der Waals surface area contributed by atoms with Gasteiger partial charge in [-0.15, -0.1) is 0 Å². The third-order valence-corrected chi connectivity index (χ3v) is 4.51. The molecule has 0 spiro atoms. The fourth-order valence-corrected chi connectivity index (χ4v) is 2.64. The van der Waals surface area contributed by atoms with Gasteiger partial charge in [0.15, 0.2) is 0 Å². The van der Waals surface area contributed by atoms with Crippen LogP contribution < -0.4 is 5.32 Å². The predicted molar refractivity (Wildman–Crippen MR) is 84.7 cm³/mol. The summed E-state index contributed by atoms with van der Waals surface area (Å²) in [5, 5.41) is 3.33. The third kappa shape index (κ3) is 3.33. The highest BCUT2D eigenvalue weighted by atomic mass is 35.5. The molecule has 2 amide bonds. The lowest BCUT2D eigenvalue weighted by molar-refractivity contribution is -0.145. The average molecular weight is 329 g/mol. The molecule has 1 heterocycles. The van der Waals surface area contributed by atoms with E-state index in [2.05, 4.69) is 5.32 Å². The SMILES string of the molecule is CC(C)(C(=O)Nc1cccc(Cl)c1Cl)C(=O)N1CCCC1. The quantitative estimate of drug-likeness (QED) is 0.862.